The van der Waals surface area contributed by atoms with Crippen LogP contribution in [0.1, 0.15) is 10.4 Å². The largest absolute Gasteiger partial charge is 0.478 e. The van der Waals surface area contributed by atoms with Crippen LogP contribution in [0, 0.1) is 0 Å². The Bertz CT molecular complexity index is 1260. The number of carboxylic acids is 1. The highest BCUT2D eigenvalue weighted by Crippen LogP contribution is 2.31. The van der Waals surface area contributed by atoms with E-state index in [-0.39, 0.29) is 22.2 Å². The molecule has 6 heteroatoms. The van der Waals surface area contributed by atoms with E-state index in [1.54, 1.807) is 18.2 Å². The number of Topliss-reactive ketones (excluding diaryl/α,β-unsaturated/α-hetero) is 2. The molecule has 1 N–H and O–H groups in total. The average Bonchev–Trinajstić information content (AvgIpc) is 2.61. The lowest BCUT2D eigenvalue weighted by molar-refractivity contribution is -0.129. The third-order valence-electron chi connectivity index (χ3n) is 4.18. The van der Waals surface area contributed by atoms with Gasteiger partial charge in [0.05, 0.1) is 5.56 Å². The Labute approximate surface area is 145 Å². The van der Waals surface area contributed by atoms with E-state index in [9.17, 15) is 24.3 Å². The maximum absolute atomic E-state index is 11.9. The smallest absolute Gasteiger partial charge is 0.336 e. The van der Waals surface area contributed by atoms with Crippen molar-refractivity contribution in [3.8, 4) is 22.5 Å². The van der Waals surface area contributed by atoms with E-state index >= 15 is 0 Å². The van der Waals surface area contributed by atoms with Crippen molar-refractivity contribution in [3.63, 3.8) is 0 Å². The van der Waals surface area contributed by atoms with Crippen LogP contribution < -0.4 is 16.1 Å². The van der Waals surface area contributed by atoms with E-state index in [0.717, 1.165) is 12.2 Å². The molecule has 4 rings (SSSR count). The van der Waals surface area contributed by atoms with E-state index in [0.29, 0.717) is 21.9 Å². The van der Waals surface area contributed by atoms with Crippen LogP contribution in [0.5, 0.6) is 0 Å². The van der Waals surface area contributed by atoms with Gasteiger partial charge in [0.2, 0.25) is 11.6 Å². The summed E-state index contributed by atoms with van der Waals surface area (Å²) in [6, 6.07) is 10.4. The number of carbonyl (C=O) groups is 3. The molecule has 0 bridgehead atoms. The van der Waals surface area contributed by atoms with Gasteiger partial charge in [-0.15, -0.1) is 0 Å². The molecule has 1 aliphatic heterocycles. The number of aromatic carboxylic acids is 1. The van der Waals surface area contributed by atoms with Crippen molar-refractivity contribution < 1.29 is 23.9 Å². The molecular formula is C20H10O6. The molecule has 0 saturated heterocycles. The van der Waals surface area contributed by atoms with Gasteiger partial charge in [0.25, 0.3) is 0 Å². The summed E-state index contributed by atoms with van der Waals surface area (Å²) in [5.74, 6) is -2.39. The molecule has 0 radical (unpaired) electrons. The molecule has 0 amide bonds. The van der Waals surface area contributed by atoms with E-state index < -0.39 is 17.5 Å². The number of rotatable bonds is 2. The molecule has 0 saturated carbocycles. The summed E-state index contributed by atoms with van der Waals surface area (Å²) in [6.45, 7) is 0. The summed E-state index contributed by atoms with van der Waals surface area (Å²) >= 11 is 0. The molecule has 0 fully saturated rings. The highest BCUT2D eigenvalue weighted by atomic mass is 16.4. The zero-order valence-electron chi connectivity index (χ0n) is 13.2. The molecule has 0 aromatic heterocycles. The minimum absolute atomic E-state index is 0.0335. The molecule has 0 atom stereocenters. The molecule has 2 aliphatic carbocycles. The number of carbonyl (C=O) groups excluding carboxylic acids is 2. The predicted molar refractivity (Wildman–Crippen MR) is 92.2 cm³/mol. The van der Waals surface area contributed by atoms with Gasteiger partial charge in [-0.05, 0) is 23.8 Å². The first-order valence-corrected chi connectivity index (χ1v) is 7.67. The monoisotopic (exact) mass is 346 g/mol. The van der Waals surface area contributed by atoms with E-state index in [1.807, 2.05) is 0 Å². The summed E-state index contributed by atoms with van der Waals surface area (Å²) in [4.78, 5) is 47.0. The normalized spacial score (nSPS) is 13.1. The van der Waals surface area contributed by atoms with Crippen molar-refractivity contribution in [1.82, 2.24) is 0 Å². The van der Waals surface area contributed by atoms with Crippen LogP contribution in [-0.2, 0) is 9.59 Å². The number of hydrogen-bond donors (Lipinski definition) is 1. The minimum Gasteiger partial charge on any atom is -0.478 e. The second kappa shape index (κ2) is 5.63. The lowest BCUT2D eigenvalue weighted by Gasteiger charge is -2.15. The van der Waals surface area contributed by atoms with Crippen LogP contribution in [0.15, 0.2) is 51.7 Å². The molecule has 1 heterocycles. The molecule has 1 aromatic carbocycles. The first-order valence-electron chi connectivity index (χ1n) is 7.67. The van der Waals surface area contributed by atoms with Crippen molar-refractivity contribution in [3.05, 3.63) is 68.9 Å². The van der Waals surface area contributed by atoms with Gasteiger partial charge in [0, 0.05) is 34.6 Å². The number of benzene rings is 2. The van der Waals surface area contributed by atoms with E-state index in [2.05, 4.69) is 0 Å². The lowest BCUT2D eigenvalue weighted by atomic mass is 9.91. The van der Waals surface area contributed by atoms with Crippen LogP contribution >= 0.6 is 0 Å². The van der Waals surface area contributed by atoms with Crippen molar-refractivity contribution in [2.75, 3.05) is 0 Å². The van der Waals surface area contributed by atoms with Crippen LogP contribution in [-0.4, -0.2) is 22.6 Å². The Kier molecular flexibility index (Phi) is 3.40. The topological polar surface area (TPSA) is 102 Å². The average molecular weight is 346 g/mol. The SMILES string of the molecule is O=C1C=c2oc3cc(=O)ccc-3c(-c3ccccc3C(=O)O)c2=CC1=O. The Hall–Kier alpha value is -3.80. The van der Waals surface area contributed by atoms with Gasteiger partial charge in [0.1, 0.15) is 11.2 Å². The fourth-order valence-electron chi connectivity index (χ4n) is 3.06. The summed E-state index contributed by atoms with van der Waals surface area (Å²) < 4.78 is 5.64. The zero-order chi connectivity index (χ0) is 18.4. The van der Waals surface area contributed by atoms with Gasteiger partial charge in [-0.1, -0.05) is 18.2 Å². The van der Waals surface area contributed by atoms with Crippen LogP contribution in [0.3, 0.4) is 0 Å². The number of carboxylic acid groups (broad SMARTS) is 1. The first kappa shape index (κ1) is 15.7. The molecular weight excluding hydrogens is 336 g/mol. The maximum atomic E-state index is 11.9. The van der Waals surface area contributed by atoms with Crippen LogP contribution in [0.2, 0.25) is 0 Å². The van der Waals surface area contributed by atoms with Crippen LogP contribution in [0.4, 0.5) is 0 Å². The summed E-state index contributed by atoms with van der Waals surface area (Å²) in [7, 11) is 0. The quantitative estimate of drug-likeness (QED) is 0.690. The highest BCUT2D eigenvalue weighted by molar-refractivity contribution is 6.57. The maximum Gasteiger partial charge on any atom is 0.336 e. The summed E-state index contributed by atoms with van der Waals surface area (Å²) in [6.07, 6.45) is 2.20. The molecule has 26 heavy (non-hydrogen) atoms. The van der Waals surface area contributed by atoms with E-state index in [1.165, 1.54) is 24.3 Å². The van der Waals surface area contributed by atoms with Gasteiger partial charge in [-0.3, -0.25) is 14.4 Å². The first-order chi connectivity index (χ1) is 12.5. The number of fused-ring (bicyclic) bond motifs is 2. The third-order valence-corrected chi connectivity index (χ3v) is 4.18. The van der Waals surface area contributed by atoms with Gasteiger partial charge >= 0.3 is 5.97 Å². The Morgan fingerprint density at radius 3 is 2.38 bits per heavy atom. The second-order valence-corrected chi connectivity index (χ2v) is 5.78. The molecule has 1 aromatic rings. The third kappa shape index (κ3) is 2.36. The zero-order valence-corrected chi connectivity index (χ0v) is 13.2. The molecule has 0 spiro atoms. The van der Waals surface area contributed by atoms with Crippen molar-refractivity contribution in [2.24, 2.45) is 0 Å². The highest BCUT2D eigenvalue weighted by Gasteiger charge is 2.23. The Morgan fingerprint density at radius 2 is 1.62 bits per heavy atom. The Morgan fingerprint density at radius 1 is 0.885 bits per heavy atom. The molecule has 3 aliphatic rings. The molecule has 126 valence electrons. The predicted octanol–water partition coefficient (Wildman–Crippen LogP) is 0.823. The Balaban J connectivity index is 2.26. The summed E-state index contributed by atoms with van der Waals surface area (Å²) in [5, 5.41) is 9.84. The van der Waals surface area contributed by atoms with Gasteiger partial charge < -0.3 is 9.52 Å². The van der Waals surface area contributed by atoms with Crippen LogP contribution in [0.25, 0.3) is 34.6 Å². The van der Waals surface area contributed by atoms with Gasteiger partial charge in [0.15, 0.2) is 5.43 Å². The van der Waals surface area contributed by atoms with Gasteiger partial charge in [-0.2, -0.15) is 0 Å². The lowest BCUT2D eigenvalue weighted by Crippen LogP contribution is -2.36. The minimum atomic E-state index is -1.13. The molecule has 0 unspecified atom stereocenters. The van der Waals surface area contributed by atoms with Crippen molar-refractivity contribution >= 4 is 29.7 Å². The molecule has 6 nitrogen and oxygen atoms in total. The standard InChI is InChI=1S/C20H10O6/c21-10-5-6-13-17(7-10)26-18-9-16(23)15(22)8-14(18)19(13)11-3-1-2-4-12(11)20(24)25/h1-9H,(H,24,25). The fourth-order valence-corrected chi connectivity index (χ4v) is 3.06. The van der Waals surface area contributed by atoms with Crippen molar-refractivity contribution in [2.45, 2.75) is 0 Å². The van der Waals surface area contributed by atoms with Crippen molar-refractivity contribution in [1.29, 1.82) is 0 Å². The summed E-state index contributed by atoms with van der Waals surface area (Å²) in [5.41, 5.74) is 1.12. The number of ketones is 2. The fraction of sp³-hybridized carbons (Fsp3) is 0. The second-order valence-electron chi connectivity index (χ2n) is 5.78. The number of hydrogen-bond acceptors (Lipinski definition) is 5. The van der Waals surface area contributed by atoms with Gasteiger partial charge in [-0.25, -0.2) is 4.79 Å². The van der Waals surface area contributed by atoms with E-state index in [4.69, 9.17) is 4.42 Å².